The molecule has 0 amide bonds. The fraction of sp³-hybridized carbons (Fsp3) is 1.00. The van der Waals surface area contributed by atoms with Crippen LogP contribution in [-0.4, -0.2) is 35.2 Å². The predicted molar refractivity (Wildman–Crippen MR) is 50.5 cm³/mol. The highest BCUT2D eigenvalue weighted by Crippen LogP contribution is 2.36. The zero-order valence-electron chi connectivity index (χ0n) is 8.13. The maximum atomic E-state index is 6.14. The van der Waals surface area contributed by atoms with Crippen molar-refractivity contribution in [1.82, 2.24) is 0 Å². The van der Waals surface area contributed by atoms with E-state index in [0.717, 1.165) is 12.5 Å². The Morgan fingerprint density at radius 3 is 2.38 bits per heavy atom. The number of hydrogen-bond donors (Lipinski definition) is 0. The van der Waals surface area contributed by atoms with Gasteiger partial charge < -0.3 is 18.3 Å². The molecule has 1 unspecified atom stereocenters. The Kier molecular flexibility index (Phi) is 3.73. The van der Waals surface area contributed by atoms with Gasteiger partial charge in [-0.15, -0.1) is 0 Å². The highest BCUT2D eigenvalue weighted by molar-refractivity contribution is 7.13. The Hall–Kier alpha value is 0.347. The number of ether oxygens (including phenoxy) is 2. The van der Waals surface area contributed by atoms with Gasteiger partial charge in [-0.1, -0.05) is 11.1 Å². The fourth-order valence-corrected chi connectivity index (χ4v) is 3.84. The molecule has 0 saturated carbocycles. The summed E-state index contributed by atoms with van der Waals surface area (Å²) in [6.45, 7) is 0. The molecule has 0 spiro atoms. The lowest BCUT2D eigenvalue weighted by atomic mass is 10.3. The van der Waals surface area contributed by atoms with E-state index in [9.17, 15) is 0 Å². The Bertz CT molecular complexity index is 176. The van der Waals surface area contributed by atoms with Gasteiger partial charge in [-0.3, -0.25) is 0 Å². The first-order valence-electron chi connectivity index (χ1n) is 4.14. The molecule has 0 aromatic carbocycles. The smallest absolute Gasteiger partial charge is 0.386 e. The van der Waals surface area contributed by atoms with Gasteiger partial charge in [0, 0.05) is 33.8 Å². The van der Waals surface area contributed by atoms with Gasteiger partial charge in [0.2, 0.25) is 0 Å². The largest absolute Gasteiger partial charge is 0.446 e. The molecule has 1 heterocycles. The molecule has 4 nitrogen and oxygen atoms in total. The molecule has 1 aliphatic heterocycles. The molecular formula is C7H15ClO4Si. The summed E-state index contributed by atoms with van der Waals surface area (Å²) in [6.07, 6.45) is 1.58. The van der Waals surface area contributed by atoms with E-state index in [1.54, 1.807) is 7.11 Å². The van der Waals surface area contributed by atoms with Gasteiger partial charge in [-0.2, -0.15) is 0 Å². The number of rotatable bonds is 3. The highest BCUT2D eigenvalue weighted by Gasteiger charge is 2.49. The fourth-order valence-electron chi connectivity index (χ4n) is 1.36. The van der Waals surface area contributed by atoms with Gasteiger partial charge in [-0.05, 0) is 6.42 Å². The molecule has 0 bridgehead atoms. The Morgan fingerprint density at radius 1 is 1.31 bits per heavy atom. The van der Waals surface area contributed by atoms with E-state index in [-0.39, 0.29) is 0 Å². The van der Waals surface area contributed by atoms with Crippen molar-refractivity contribution in [3.63, 3.8) is 0 Å². The third kappa shape index (κ3) is 2.43. The minimum absolute atomic E-state index is 0.685. The van der Waals surface area contributed by atoms with Crippen LogP contribution in [0, 0.1) is 0 Å². The first kappa shape index (κ1) is 11.4. The summed E-state index contributed by atoms with van der Waals surface area (Å²) in [4.78, 5) is 0. The molecule has 0 aliphatic carbocycles. The molecule has 0 aromatic heterocycles. The normalized spacial score (nSPS) is 33.2. The Balaban J connectivity index is 2.69. The van der Waals surface area contributed by atoms with Crippen LogP contribution in [0.15, 0.2) is 0 Å². The molecule has 6 heteroatoms. The van der Waals surface area contributed by atoms with Crippen LogP contribution in [0.25, 0.3) is 0 Å². The lowest BCUT2D eigenvalue weighted by Gasteiger charge is -2.40. The third-order valence-corrected chi connectivity index (χ3v) is 5.63. The summed E-state index contributed by atoms with van der Waals surface area (Å²) in [7, 11) is 2.07. The van der Waals surface area contributed by atoms with Crippen molar-refractivity contribution in [3.05, 3.63) is 0 Å². The van der Waals surface area contributed by atoms with Crippen LogP contribution in [-0.2, 0) is 18.3 Å². The number of hydrogen-bond acceptors (Lipinski definition) is 4. The lowest BCUT2D eigenvalue weighted by Crippen LogP contribution is -2.52. The molecule has 0 radical (unpaired) electrons. The predicted octanol–water partition coefficient (Wildman–Crippen LogP) is 1.57. The summed E-state index contributed by atoms with van der Waals surface area (Å²) >= 11 is 6.14. The van der Waals surface area contributed by atoms with E-state index in [0.29, 0.717) is 6.42 Å². The molecule has 0 aromatic rings. The monoisotopic (exact) mass is 226 g/mol. The van der Waals surface area contributed by atoms with E-state index in [2.05, 4.69) is 0 Å². The van der Waals surface area contributed by atoms with Gasteiger partial charge >= 0.3 is 7.87 Å². The van der Waals surface area contributed by atoms with Gasteiger partial charge in [0.05, 0.1) is 0 Å². The summed E-state index contributed by atoms with van der Waals surface area (Å²) in [6, 6.07) is 0.763. The maximum Gasteiger partial charge on any atom is 0.446 e. The number of methoxy groups -OCH3 is 2. The molecule has 1 aliphatic rings. The van der Waals surface area contributed by atoms with Crippen LogP contribution in [0.1, 0.15) is 12.8 Å². The second kappa shape index (κ2) is 4.25. The van der Waals surface area contributed by atoms with Gasteiger partial charge in [0.1, 0.15) is 0 Å². The zero-order chi connectivity index (χ0) is 9.95. The van der Waals surface area contributed by atoms with Crippen LogP contribution in [0.2, 0.25) is 6.04 Å². The van der Waals surface area contributed by atoms with Crippen LogP contribution in [0.5, 0.6) is 0 Å². The average Bonchev–Trinajstić information content (AvgIpc) is 2.18. The molecule has 78 valence electrons. The topological polar surface area (TPSA) is 36.9 Å². The molecule has 1 atom stereocenters. The van der Waals surface area contributed by atoms with Gasteiger partial charge in [0.25, 0.3) is 5.97 Å². The van der Waals surface area contributed by atoms with Crippen LogP contribution in [0.4, 0.5) is 0 Å². The van der Waals surface area contributed by atoms with Crippen LogP contribution in [0.3, 0.4) is 0 Å². The SMILES string of the molecule is COC1(OC)CCC[Si](Cl)(OC)O1. The van der Waals surface area contributed by atoms with Gasteiger partial charge in [0.15, 0.2) is 0 Å². The van der Waals surface area contributed by atoms with E-state index < -0.39 is 13.8 Å². The standard InChI is InChI=1S/C7H15ClO4Si/c1-9-7(10-2)5-4-6-13(8,11-3)12-7/h4-6H2,1-3H3. The van der Waals surface area contributed by atoms with Crippen molar-refractivity contribution in [1.29, 1.82) is 0 Å². The van der Waals surface area contributed by atoms with Gasteiger partial charge in [-0.25, -0.2) is 0 Å². The summed E-state index contributed by atoms with van der Waals surface area (Å²) in [5.74, 6) is -0.998. The molecular weight excluding hydrogens is 212 g/mol. The van der Waals surface area contributed by atoms with Crippen LogP contribution >= 0.6 is 11.1 Å². The Morgan fingerprint density at radius 2 is 1.92 bits per heavy atom. The number of halogens is 1. The summed E-state index contributed by atoms with van der Waals surface area (Å²) in [5.41, 5.74) is 0. The van der Waals surface area contributed by atoms with Crippen molar-refractivity contribution in [2.45, 2.75) is 24.9 Å². The van der Waals surface area contributed by atoms with E-state index in [1.165, 1.54) is 14.2 Å². The van der Waals surface area contributed by atoms with E-state index in [1.807, 2.05) is 0 Å². The first-order valence-corrected chi connectivity index (χ1v) is 7.18. The molecule has 1 fully saturated rings. The second-order valence-electron chi connectivity index (χ2n) is 2.91. The maximum absolute atomic E-state index is 6.14. The summed E-state index contributed by atoms with van der Waals surface area (Å²) < 4.78 is 21.0. The molecule has 1 saturated heterocycles. The highest BCUT2D eigenvalue weighted by atomic mass is 35.6. The van der Waals surface area contributed by atoms with Crippen molar-refractivity contribution >= 4 is 18.9 Å². The quantitative estimate of drug-likeness (QED) is 0.416. The third-order valence-electron chi connectivity index (χ3n) is 2.19. The minimum Gasteiger partial charge on any atom is -0.386 e. The first-order chi connectivity index (χ1) is 6.10. The zero-order valence-corrected chi connectivity index (χ0v) is 9.89. The van der Waals surface area contributed by atoms with E-state index in [4.69, 9.17) is 29.4 Å². The van der Waals surface area contributed by atoms with Crippen molar-refractivity contribution in [2.24, 2.45) is 0 Å². The Labute approximate surface area is 84.0 Å². The second-order valence-corrected chi connectivity index (χ2v) is 7.07. The molecule has 0 N–H and O–H groups in total. The van der Waals surface area contributed by atoms with Crippen LogP contribution < -0.4 is 0 Å². The van der Waals surface area contributed by atoms with Crippen molar-refractivity contribution < 1.29 is 18.3 Å². The average molecular weight is 227 g/mol. The van der Waals surface area contributed by atoms with Crippen molar-refractivity contribution in [2.75, 3.05) is 21.3 Å². The minimum atomic E-state index is -2.57. The molecule has 1 rings (SSSR count). The molecule has 13 heavy (non-hydrogen) atoms. The lowest BCUT2D eigenvalue weighted by molar-refractivity contribution is -0.338. The van der Waals surface area contributed by atoms with E-state index >= 15 is 0 Å². The summed E-state index contributed by atoms with van der Waals surface area (Å²) in [5, 5.41) is 0. The van der Waals surface area contributed by atoms with Crippen molar-refractivity contribution in [3.8, 4) is 0 Å².